The molecule has 0 spiro atoms. The Bertz CT molecular complexity index is 427. The van der Waals surface area contributed by atoms with E-state index in [1.54, 1.807) is 19.0 Å². The van der Waals surface area contributed by atoms with E-state index in [1.165, 1.54) is 18.3 Å². The van der Waals surface area contributed by atoms with Crippen molar-refractivity contribution in [3.05, 3.63) is 28.0 Å². The molecule has 0 aliphatic heterocycles. The highest BCUT2D eigenvalue weighted by Gasteiger charge is 2.10. The van der Waals surface area contributed by atoms with Crippen LogP contribution in [0.2, 0.25) is 0 Å². The SMILES string of the molecule is CN(C)C(=S)N/N=C/c1ccc([N+](=O)[O-])o1. The maximum absolute atomic E-state index is 10.3. The zero-order valence-corrected chi connectivity index (χ0v) is 9.52. The Labute approximate surface area is 96.9 Å². The lowest BCUT2D eigenvalue weighted by molar-refractivity contribution is -0.402. The molecule has 0 aromatic carbocycles. The molecule has 7 nitrogen and oxygen atoms in total. The molecule has 8 heteroatoms. The lowest BCUT2D eigenvalue weighted by Crippen LogP contribution is -2.30. The molecular weight excluding hydrogens is 232 g/mol. The van der Waals surface area contributed by atoms with E-state index in [-0.39, 0.29) is 11.6 Å². The first-order valence-electron chi connectivity index (χ1n) is 4.25. The first-order chi connectivity index (χ1) is 7.50. The van der Waals surface area contributed by atoms with Gasteiger partial charge in [-0.25, -0.2) is 0 Å². The summed E-state index contributed by atoms with van der Waals surface area (Å²) < 4.78 is 4.84. The van der Waals surface area contributed by atoms with Crippen LogP contribution in [0.5, 0.6) is 0 Å². The van der Waals surface area contributed by atoms with Crippen LogP contribution in [-0.4, -0.2) is 35.2 Å². The summed E-state index contributed by atoms with van der Waals surface area (Å²) >= 11 is 4.90. The Morgan fingerprint density at radius 2 is 2.38 bits per heavy atom. The van der Waals surface area contributed by atoms with E-state index in [9.17, 15) is 10.1 Å². The molecule has 0 atom stereocenters. The van der Waals surface area contributed by atoms with Crippen LogP contribution in [0, 0.1) is 10.1 Å². The van der Waals surface area contributed by atoms with Crippen molar-refractivity contribution >= 4 is 29.4 Å². The summed E-state index contributed by atoms with van der Waals surface area (Å²) in [6.07, 6.45) is 1.31. The number of hydrogen-bond donors (Lipinski definition) is 1. The molecule has 0 saturated carbocycles. The normalized spacial score (nSPS) is 10.4. The lowest BCUT2D eigenvalue weighted by Gasteiger charge is -2.11. The van der Waals surface area contributed by atoms with E-state index in [2.05, 4.69) is 10.5 Å². The average molecular weight is 242 g/mol. The van der Waals surface area contributed by atoms with E-state index in [0.29, 0.717) is 5.11 Å². The first kappa shape index (κ1) is 12.1. The maximum Gasteiger partial charge on any atom is 0.433 e. The Hall–Kier alpha value is -1.96. The molecule has 1 heterocycles. The van der Waals surface area contributed by atoms with Gasteiger partial charge in [0.15, 0.2) is 10.9 Å². The van der Waals surface area contributed by atoms with Gasteiger partial charge in [-0.2, -0.15) is 5.10 Å². The number of nitrogens with one attached hydrogen (secondary N) is 1. The van der Waals surface area contributed by atoms with Crippen LogP contribution in [0.15, 0.2) is 21.7 Å². The van der Waals surface area contributed by atoms with Crippen LogP contribution in [-0.2, 0) is 0 Å². The molecule has 0 fully saturated rings. The Morgan fingerprint density at radius 1 is 1.69 bits per heavy atom. The third-order valence-electron chi connectivity index (χ3n) is 1.55. The standard InChI is InChI=1S/C8H10N4O3S/c1-11(2)8(16)10-9-5-6-3-4-7(15-6)12(13)14/h3-5H,1-2H3,(H,10,16)/b9-5+. The van der Waals surface area contributed by atoms with Gasteiger partial charge >= 0.3 is 5.88 Å². The van der Waals surface area contributed by atoms with E-state index in [0.717, 1.165) is 0 Å². The van der Waals surface area contributed by atoms with Gasteiger partial charge in [0.25, 0.3) is 0 Å². The minimum absolute atomic E-state index is 0.278. The smallest absolute Gasteiger partial charge is 0.400 e. The minimum Gasteiger partial charge on any atom is -0.400 e. The molecule has 1 aromatic heterocycles. The second-order valence-electron chi connectivity index (χ2n) is 3.00. The summed E-state index contributed by atoms with van der Waals surface area (Å²) in [6.45, 7) is 0. The minimum atomic E-state index is -0.616. The summed E-state index contributed by atoms with van der Waals surface area (Å²) in [5.74, 6) is -0.0441. The number of nitro groups is 1. The number of furan rings is 1. The molecule has 0 aliphatic rings. The van der Waals surface area contributed by atoms with Crippen molar-refractivity contribution in [3.63, 3.8) is 0 Å². The highest BCUT2D eigenvalue weighted by Crippen LogP contribution is 2.13. The first-order valence-corrected chi connectivity index (χ1v) is 4.66. The molecule has 0 unspecified atom stereocenters. The molecular formula is C8H10N4O3S. The summed E-state index contributed by atoms with van der Waals surface area (Å²) in [4.78, 5) is 11.4. The number of hydrogen-bond acceptors (Lipinski definition) is 5. The zero-order valence-electron chi connectivity index (χ0n) is 8.71. The molecule has 0 bridgehead atoms. The number of thiocarbonyl (C=S) groups is 1. The molecule has 0 aliphatic carbocycles. The molecule has 0 saturated heterocycles. The van der Waals surface area contributed by atoms with Crippen molar-refractivity contribution in [2.24, 2.45) is 5.10 Å². The Kier molecular flexibility index (Phi) is 3.95. The second-order valence-corrected chi connectivity index (χ2v) is 3.39. The van der Waals surface area contributed by atoms with Crippen LogP contribution >= 0.6 is 12.2 Å². The molecule has 0 amide bonds. The van der Waals surface area contributed by atoms with Crippen molar-refractivity contribution in [3.8, 4) is 0 Å². The van der Waals surface area contributed by atoms with Gasteiger partial charge in [0.05, 0.1) is 12.3 Å². The Morgan fingerprint density at radius 3 is 2.88 bits per heavy atom. The molecule has 1 rings (SSSR count). The second kappa shape index (κ2) is 5.21. The van der Waals surface area contributed by atoms with Crippen LogP contribution < -0.4 is 5.43 Å². The number of rotatable bonds is 3. The zero-order chi connectivity index (χ0) is 12.1. The molecule has 16 heavy (non-hydrogen) atoms. The van der Waals surface area contributed by atoms with E-state index < -0.39 is 4.92 Å². The topological polar surface area (TPSA) is 83.9 Å². The van der Waals surface area contributed by atoms with Gasteiger partial charge in [-0.05, 0) is 18.3 Å². The van der Waals surface area contributed by atoms with Crippen LogP contribution in [0.1, 0.15) is 5.76 Å². The molecule has 1 aromatic rings. The van der Waals surface area contributed by atoms with Gasteiger partial charge in [-0.15, -0.1) is 0 Å². The van der Waals surface area contributed by atoms with Gasteiger partial charge in [0.1, 0.15) is 4.92 Å². The highest BCUT2D eigenvalue weighted by molar-refractivity contribution is 7.80. The fourth-order valence-electron chi connectivity index (χ4n) is 0.761. The average Bonchev–Trinajstić information content (AvgIpc) is 2.66. The van der Waals surface area contributed by atoms with Gasteiger partial charge in [0, 0.05) is 14.1 Å². The third-order valence-corrected chi connectivity index (χ3v) is 2.01. The monoisotopic (exact) mass is 242 g/mol. The van der Waals surface area contributed by atoms with E-state index in [1.807, 2.05) is 0 Å². The quantitative estimate of drug-likeness (QED) is 0.368. The molecule has 1 N–H and O–H groups in total. The number of hydrazone groups is 1. The van der Waals surface area contributed by atoms with Gasteiger partial charge in [-0.1, -0.05) is 0 Å². The van der Waals surface area contributed by atoms with E-state index in [4.69, 9.17) is 16.6 Å². The van der Waals surface area contributed by atoms with Crippen molar-refractivity contribution in [1.29, 1.82) is 0 Å². The van der Waals surface area contributed by atoms with Crippen molar-refractivity contribution in [2.45, 2.75) is 0 Å². The van der Waals surface area contributed by atoms with Crippen molar-refractivity contribution in [1.82, 2.24) is 10.3 Å². The van der Waals surface area contributed by atoms with Crippen LogP contribution in [0.4, 0.5) is 5.88 Å². The fraction of sp³-hybridized carbons (Fsp3) is 0.250. The van der Waals surface area contributed by atoms with Crippen molar-refractivity contribution in [2.75, 3.05) is 14.1 Å². The summed E-state index contributed by atoms with van der Waals surface area (Å²) in [5, 5.41) is 14.5. The third kappa shape index (κ3) is 3.31. The predicted molar refractivity (Wildman–Crippen MR) is 62.4 cm³/mol. The van der Waals surface area contributed by atoms with Crippen LogP contribution in [0.3, 0.4) is 0 Å². The maximum atomic E-state index is 10.3. The summed E-state index contributed by atoms with van der Waals surface area (Å²) in [6, 6.07) is 2.70. The molecule has 0 radical (unpaired) electrons. The fourth-order valence-corrected chi connectivity index (χ4v) is 0.814. The lowest BCUT2D eigenvalue weighted by atomic mass is 10.5. The number of nitrogens with zero attached hydrogens (tertiary/aromatic N) is 3. The largest absolute Gasteiger partial charge is 0.433 e. The summed E-state index contributed by atoms with van der Waals surface area (Å²) in [5.41, 5.74) is 2.57. The van der Waals surface area contributed by atoms with Gasteiger partial charge in [-0.3, -0.25) is 15.5 Å². The van der Waals surface area contributed by atoms with E-state index >= 15 is 0 Å². The predicted octanol–water partition coefficient (Wildman–Crippen LogP) is 0.958. The van der Waals surface area contributed by atoms with Crippen LogP contribution in [0.25, 0.3) is 0 Å². The summed E-state index contributed by atoms with van der Waals surface area (Å²) in [7, 11) is 3.53. The highest BCUT2D eigenvalue weighted by atomic mass is 32.1. The van der Waals surface area contributed by atoms with Gasteiger partial charge < -0.3 is 9.32 Å². The van der Waals surface area contributed by atoms with Crippen molar-refractivity contribution < 1.29 is 9.34 Å². The van der Waals surface area contributed by atoms with Gasteiger partial charge in [0.2, 0.25) is 0 Å². The molecule has 86 valence electrons. The Balaban J connectivity index is 2.56.